The van der Waals surface area contributed by atoms with Crippen LogP contribution in [-0.2, 0) is 11.4 Å². The van der Waals surface area contributed by atoms with Crippen LogP contribution in [-0.4, -0.2) is 11.6 Å². The van der Waals surface area contributed by atoms with Gasteiger partial charge in [0.05, 0.1) is 6.61 Å². The molecule has 2 rings (SSSR count). The summed E-state index contributed by atoms with van der Waals surface area (Å²) in [4.78, 5) is 9.83. The van der Waals surface area contributed by atoms with E-state index in [9.17, 15) is 13.6 Å². The molecule has 0 aliphatic heterocycles. The van der Waals surface area contributed by atoms with Crippen LogP contribution in [0.2, 0.25) is 0 Å². The van der Waals surface area contributed by atoms with Gasteiger partial charge in [-0.2, -0.15) is 0 Å². The molecule has 0 bridgehead atoms. The van der Waals surface area contributed by atoms with E-state index in [4.69, 9.17) is 5.11 Å². The molecule has 0 radical (unpaired) electrons. The summed E-state index contributed by atoms with van der Waals surface area (Å²) in [5, 5.41) is 8.58. The molecule has 2 aromatic carbocycles. The van der Waals surface area contributed by atoms with Crippen molar-refractivity contribution in [1.82, 2.24) is 0 Å². The highest BCUT2D eigenvalue weighted by atomic mass is 79.9. The molecule has 0 spiro atoms. The number of benzene rings is 2. The van der Waals surface area contributed by atoms with Crippen LogP contribution >= 0.6 is 31.9 Å². The van der Waals surface area contributed by atoms with Crippen LogP contribution in [0.1, 0.15) is 5.56 Å². The maximum absolute atomic E-state index is 12.7. The van der Waals surface area contributed by atoms with Gasteiger partial charge in [0.25, 0.3) is 6.47 Å². The van der Waals surface area contributed by atoms with Crippen LogP contribution in [0.5, 0.6) is 5.75 Å². The number of ether oxygens (including phenoxy) is 1. The van der Waals surface area contributed by atoms with E-state index in [0.717, 1.165) is 4.47 Å². The molecule has 112 valence electrons. The van der Waals surface area contributed by atoms with Crippen LogP contribution in [0.4, 0.5) is 8.78 Å². The largest absolute Gasteiger partial charge is 0.426 e. The number of aliphatic hydroxyl groups is 1. The highest BCUT2D eigenvalue weighted by Crippen LogP contribution is 2.21. The van der Waals surface area contributed by atoms with E-state index in [1.165, 1.54) is 24.3 Å². The first kappa shape index (κ1) is 17.7. The second-order valence-corrected chi connectivity index (χ2v) is 5.51. The van der Waals surface area contributed by atoms with Crippen LogP contribution in [0, 0.1) is 11.6 Å². The first-order valence-corrected chi connectivity index (χ1v) is 7.16. The first-order chi connectivity index (χ1) is 9.97. The molecular weight excluding hydrogens is 414 g/mol. The Kier molecular flexibility index (Phi) is 7.49. The Bertz CT molecular complexity index is 621. The monoisotopic (exact) mass is 422 g/mol. The number of rotatable bonds is 3. The standard InChI is InChI=1S/C7H4BrFO2.C7H6BrFO/c8-5-1-2-6(9)7(3-5)11-4-10;8-6-1-2-7(9)5(3-6)4-10/h1-4H;1-3,10H,4H2. The Morgan fingerprint density at radius 1 is 1.05 bits per heavy atom. The number of carbonyl (C=O) groups is 1. The topological polar surface area (TPSA) is 46.5 Å². The zero-order chi connectivity index (χ0) is 15.8. The van der Waals surface area contributed by atoms with Crippen molar-refractivity contribution in [3.8, 4) is 5.75 Å². The van der Waals surface area contributed by atoms with E-state index < -0.39 is 5.82 Å². The Morgan fingerprint density at radius 2 is 1.62 bits per heavy atom. The molecule has 0 atom stereocenters. The smallest absolute Gasteiger partial charge is 0.298 e. The average Bonchev–Trinajstić information content (AvgIpc) is 2.46. The summed E-state index contributed by atoms with van der Waals surface area (Å²) < 4.78 is 31.0. The minimum atomic E-state index is -0.555. The van der Waals surface area contributed by atoms with Gasteiger partial charge in [-0.3, -0.25) is 4.79 Å². The summed E-state index contributed by atoms with van der Waals surface area (Å²) in [6, 6.07) is 8.57. The molecule has 7 heteroatoms. The summed E-state index contributed by atoms with van der Waals surface area (Å²) in [5.74, 6) is -1.000. The molecule has 1 N–H and O–H groups in total. The SMILES string of the molecule is O=COc1cc(Br)ccc1F.OCc1cc(Br)ccc1F. The van der Waals surface area contributed by atoms with Crippen molar-refractivity contribution in [3.63, 3.8) is 0 Å². The lowest BCUT2D eigenvalue weighted by Gasteiger charge is -1.98. The van der Waals surface area contributed by atoms with E-state index in [1.807, 2.05) is 0 Å². The molecule has 0 aliphatic rings. The van der Waals surface area contributed by atoms with E-state index in [1.54, 1.807) is 12.1 Å². The van der Waals surface area contributed by atoms with Crippen molar-refractivity contribution in [2.24, 2.45) is 0 Å². The van der Waals surface area contributed by atoms with Crippen molar-refractivity contribution >= 4 is 38.3 Å². The van der Waals surface area contributed by atoms with Crippen molar-refractivity contribution in [3.05, 3.63) is 62.5 Å². The van der Waals surface area contributed by atoms with Crippen molar-refractivity contribution < 1.29 is 23.4 Å². The third-order valence-electron chi connectivity index (χ3n) is 2.25. The van der Waals surface area contributed by atoms with E-state index in [-0.39, 0.29) is 24.6 Å². The first-order valence-electron chi connectivity index (χ1n) is 5.58. The molecule has 0 saturated heterocycles. The van der Waals surface area contributed by atoms with Gasteiger partial charge in [0, 0.05) is 14.5 Å². The molecule has 0 amide bonds. The summed E-state index contributed by atoms with van der Waals surface area (Å²) in [6.07, 6.45) is 0. The fourth-order valence-electron chi connectivity index (χ4n) is 1.28. The predicted octanol–water partition coefficient (Wildman–Crippen LogP) is 4.20. The molecular formula is C14H10Br2F2O3. The van der Waals surface area contributed by atoms with E-state index >= 15 is 0 Å². The fourth-order valence-corrected chi connectivity index (χ4v) is 2.03. The fraction of sp³-hybridized carbons (Fsp3) is 0.0714. The van der Waals surface area contributed by atoms with Gasteiger partial charge >= 0.3 is 0 Å². The van der Waals surface area contributed by atoms with Crippen molar-refractivity contribution in [1.29, 1.82) is 0 Å². The average molecular weight is 424 g/mol. The summed E-state index contributed by atoms with van der Waals surface area (Å²) in [6.45, 7) is -0.0733. The number of hydrogen-bond donors (Lipinski definition) is 1. The van der Waals surface area contributed by atoms with Gasteiger partial charge in [0.2, 0.25) is 0 Å². The summed E-state index contributed by atoms with van der Waals surface area (Å²) in [7, 11) is 0. The highest BCUT2D eigenvalue weighted by Gasteiger charge is 2.02. The second kappa shape index (κ2) is 8.86. The van der Waals surface area contributed by atoms with Gasteiger partial charge in [-0.05, 0) is 36.4 Å². The normalized spacial score (nSPS) is 9.57. The maximum atomic E-state index is 12.7. The third-order valence-corrected chi connectivity index (χ3v) is 3.23. The molecule has 0 fully saturated rings. The van der Waals surface area contributed by atoms with Crippen LogP contribution in [0.25, 0.3) is 0 Å². The lowest BCUT2D eigenvalue weighted by atomic mass is 10.2. The zero-order valence-corrected chi connectivity index (χ0v) is 13.7. The summed E-state index contributed by atoms with van der Waals surface area (Å²) >= 11 is 6.26. The number of hydrogen-bond acceptors (Lipinski definition) is 3. The van der Waals surface area contributed by atoms with Gasteiger partial charge in [-0.15, -0.1) is 0 Å². The van der Waals surface area contributed by atoms with Crippen LogP contribution < -0.4 is 4.74 Å². The molecule has 0 saturated carbocycles. The number of halogens is 4. The lowest BCUT2D eigenvalue weighted by molar-refractivity contribution is -0.120. The highest BCUT2D eigenvalue weighted by molar-refractivity contribution is 9.10. The molecule has 0 unspecified atom stereocenters. The molecule has 0 heterocycles. The quantitative estimate of drug-likeness (QED) is 0.752. The zero-order valence-electron chi connectivity index (χ0n) is 10.5. The van der Waals surface area contributed by atoms with Gasteiger partial charge < -0.3 is 9.84 Å². The van der Waals surface area contributed by atoms with Gasteiger partial charge in [-0.25, -0.2) is 8.78 Å². The van der Waals surface area contributed by atoms with E-state index in [0.29, 0.717) is 10.0 Å². The second-order valence-electron chi connectivity index (χ2n) is 3.68. The minimum Gasteiger partial charge on any atom is -0.426 e. The van der Waals surface area contributed by atoms with Gasteiger partial charge in [0.1, 0.15) is 5.82 Å². The lowest BCUT2D eigenvalue weighted by Crippen LogP contribution is -1.91. The van der Waals surface area contributed by atoms with Gasteiger partial charge in [-0.1, -0.05) is 31.9 Å². The van der Waals surface area contributed by atoms with Gasteiger partial charge in [0.15, 0.2) is 11.6 Å². The Labute approximate surface area is 136 Å². The Morgan fingerprint density at radius 3 is 2.14 bits per heavy atom. The molecule has 0 aliphatic carbocycles. The Balaban J connectivity index is 0.000000211. The summed E-state index contributed by atoms with van der Waals surface area (Å²) in [5.41, 5.74) is 0.314. The molecule has 21 heavy (non-hydrogen) atoms. The molecule has 0 aromatic heterocycles. The third kappa shape index (κ3) is 5.91. The van der Waals surface area contributed by atoms with Crippen molar-refractivity contribution in [2.45, 2.75) is 6.61 Å². The molecule has 2 aromatic rings. The maximum Gasteiger partial charge on any atom is 0.298 e. The van der Waals surface area contributed by atoms with Crippen LogP contribution in [0.15, 0.2) is 45.3 Å². The number of carbonyl (C=O) groups excluding carboxylic acids is 1. The Hall–Kier alpha value is -1.31. The van der Waals surface area contributed by atoms with Crippen molar-refractivity contribution in [2.75, 3.05) is 0 Å². The number of aliphatic hydroxyl groups excluding tert-OH is 1. The molecule has 3 nitrogen and oxygen atoms in total. The van der Waals surface area contributed by atoms with E-state index in [2.05, 4.69) is 36.6 Å². The van der Waals surface area contributed by atoms with Crippen LogP contribution in [0.3, 0.4) is 0 Å². The predicted molar refractivity (Wildman–Crippen MR) is 80.8 cm³/mol. The minimum absolute atomic E-state index is 0.0747.